The highest BCUT2D eigenvalue weighted by molar-refractivity contribution is 5.85. The number of hydrogen-bond donors (Lipinski definition) is 1. The minimum absolute atomic E-state index is 0. The third-order valence-electron chi connectivity index (χ3n) is 3.95. The zero-order valence-corrected chi connectivity index (χ0v) is 12.0. The monoisotopic (exact) mass is 311 g/mol. The van der Waals surface area contributed by atoms with Crippen molar-refractivity contribution >= 4 is 12.4 Å². The van der Waals surface area contributed by atoms with E-state index in [1.165, 1.54) is 12.1 Å². The van der Waals surface area contributed by atoms with Crippen LogP contribution in [-0.4, -0.2) is 18.8 Å². The topological polar surface area (TPSA) is 12.0 Å². The van der Waals surface area contributed by atoms with Gasteiger partial charge < -0.3 is 5.32 Å². The fraction of sp³-hybridized carbons (Fsp3) is 0.571. The van der Waals surface area contributed by atoms with Gasteiger partial charge in [-0.3, -0.25) is 0 Å². The van der Waals surface area contributed by atoms with Crippen molar-refractivity contribution in [3.8, 4) is 0 Å². The maximum absolute atomic E-state index is 14.7. The van der Waals surface area contributed by atoms with E-state index in [2.05, 4.69) is 5.32 Å². The second-order valence-electron chi connectivity index (χ2n) is 5.13. The zero-order chi connectivity index (χ0) is 14.1. The van der Waals surface area contributed by atoms with Gasteiger partial charge in [0.25, 0.3) is 0 Å². The summed E-state index contributed by atoms with van der Waals surface area (Å²) in [6, 6.07) is 4.82. The molecule has 6 heteroatoms. The van der Waals surface area contributed by atoms with Crippen LogP contribution >= 0.6 is 12.4 Å². The second kappa shape index (κ2) is 6.31. The van der Waals surface area contributed by atoms with E-state index in [0.29, 0.717) is 31.5 Å². The van der Waals surface area contributed by atoms with Gasteiger partial charge >= 0.3 is 6.18 Å². The first-order valence-electron chi connectivity index (χ1n) is 6.40. The minimum atomic E-state index is -4.34. The standard InChI is InChI=1S/C14H17F4N.ClH/c1-10(13(15)6-8-19-9-7-13)11-2-4-12(5-3-11)14(16,17)18;/h2-5,10,19H,6-9H2,1H3;1H. The SMILES string of the molecule is CC(c1ccc(C(F)(F)F)cc1)C1(F)CCNCC1.Cl. The normalized spacial score (nSPS) is 20.1. The Kier molecular flexibility index (Phi) is 5.44. The number of rotatable bonds is 2. The van der Waals surface area contributed by atoms with E-state index < -0.39 is 23.3 Å². The average Bonchev–Trinajstić information content (AvgIpc) is 2.38. The predicted molar refractivity (Wildman–Crippen MR) is 73.0 cm³/mol. The Hall–Kier alpha value is -0.810. The molecule has 1 saturated heterocycles. The Bertz CT molecular complexity index is 424. The molecule has 1 aromatic rings. The molecule has 0 aliphatic carbocycles. The Morgan fingerprint density at radius 1 is 1.10 bits per heavy atom. The van der Waals surface area contributed by atoms with Gasteiger partial charge in [-0.15, -0.1) is 12.4 Å². The van der Waals surface area contributed by atoms with E-state index in [-0.39, 0.29) is 12.4 Å². The van der Waals surface area contributed by atoms with Crippen molar-refractivity contribution in [3.05, 3.63) is 35.4 Å². The van der Waals surface area contributed by atoms with Crippen molar-refractivity contribution in [2.75, 3.05) is 13.1 Å². The van der Waals surface area contributed by atoms with Gasteiger partial charge in [-0.05, 0) is 43.6 Å². The highest BCUT2D eigenvalue weighted by Crippen LogP contribution is 2.39. The van der Waals surface area contributed by atoms with E-state index in [1.54, 1.807) is 6.92 Å². The molecule has 0 radical (unpaired) electrons. The molecule has 1 nitrogen and oxygen atoms in total. The molecule has 114 valence electrons. The summed E-state index contributed by atoms with van der Waals surface area (Å²) in [5.74, 6) is -0.392. The maximum Gasteiger partial charge on any atom is 0.416 e. The summed E-state index contributed by atoms with van der Waals surface area (Å²) in [6.45, 7) is 2.97. The highest BCUT2D eigenvalue weighted by Gasteiger charge is 2.38. The van der Waals surface area contributed by atoms with Crippen LogP contribution < -0.4 is 5.32 Å². The number of benzene rings is 1. The molecule has 0 amide bonds. The van der Waals surface area contributed by atoms with Crippen molar-refractivity contribution in [2.45, 2.75) is 37.5 Å². The van der Waals surface area contributed by atoms with E-state index in [1.807, 2.05) is 0 Å². The third kappa shape index (κ3) is 3.64. The number of piperidine rings is 1. The fourth-order valence-corrected chi connectivity index (χ4v) is 2.53. The van der Waals surface area contributed by atoms with Gasteiger partial charge in [0.1, 0.15) is 5.67 Å². The molecule has 1 heterocycles. The lowest BCUT2D eigenvalue weighted by Gasteiger charge is -2.35. The van der Waals surface area contributed by atoms with Gasteiger partial charge in [0.05, 0.1) is 5.56 Å². The largest absolute Gasteiger partial charge is 0.416 e. The molecule has 1 fully saturated rings. The van der Waals surface area contributed by atoms with Crippen molar-refractivity contribution in [1.29, 1.82) is 0 Å². The summed E-state index contributed by atoms with van der Waals surface area (Å²) in [4.78, 5) is 0. The molecule has 0 bridgehead atoms. The number of nitrogens with one attached hydrogen (secondary N) is 1. The number of alkyl halides is 4. The smallest absolute Gasteiger partial charge is 0.316 e. The quantitative estimate of drug-likeness (QED) is 0.802. The molecule has 1 aliphatic rings. The van der Waals surface area contributed by atoms with Crippen LogP contribution in [0.5, 0.6) is 0 Å². The van der Waals surface area contributed by atoms with Gasteiger partial charge in [-0.1, -0.05) is 19.1 Å². The Balaban J connectivity index is 0.00000200. The molecule has 1 atom stereocenters. The zero-order valence-electron chi connectivity index (χ0n) is 11.1. The van der Waals surface area contributed by atoms with E-state index in [4.69, 9.17) is 0 Å². The minimum Gasteiger partial charge on any atom is -0.316 e. The van der Waals surface area contributed by atoms with Crippen LogP contribution in [0.1, 0.15) is 36.8 Å². The van der Waals surface area contributed by atoms with Crippen LogP contribution in [0.25, 0.3) is 0 Å². The van der Waals surface area contributed by atoms with Crippen LogP contribution in [0.2, 0.25) is 0 Å². The van der Waals surface area contributed by atoms with Crippen molar-refractivity contribution < 1.29 is 17.6 Å². The lowest BCUT2D eigenvalue weighted by atomic mass is 9.79. The number of halogens is 5. The molecule has 1 aromatic carbocycles. The molecule has 0 aromatic heterocycles. The van der Waals surface area contributed by atoms with E-state index in [9.17, 15) is 17.6 Å². The van der Waals surface area contributed by atoms with E-state index in [0.717, 1.165) is 12.1 Å². The number of hydrogen-bond acceptors (Lipinski definition) is 1. The van der Waals surface area contributed by atoms with E-state index >= 15 is 0 Å². The van der Waals surface area contributed by atoms with Gasteiger partial charge in [-0.25, -0.2) is 4.39 Å². The molecular formula is C14H18ClF4N. The predicted octanol–water partition coefficient (Wildman–Crippen LogP) is 4.32. The van der Waals surface area contributed by atoms with Crippen LogP contribution in [0.15, 0.2) is 24.3 Å². The van der Waals surface area contributed by atoms with Crippen LogP contribution in [0.3, 0.4) is 0 Å². The summed E-state index contributed by atoms with van der Waals surface area (Å²) < 4.78 is 52.1. The molecule has 0 saturated carbocycles. The first-order chi connectivity index (χ1) is 8.83. The van der Waals surface area contributed by atoms with Gasteiger partial charge in [0.15, 0.2) is 0 Å². The van der Waals surface area contributed by atoms with Gasteiger partial charge in [0.2, 0.25) is 0 Å². The van der Waals surface area contributed by atoms with Crippen LogP contribution in [0, 0.1) is 0 Å². The highest BCUT2D eigenvalue weighted by atomic mass is 35.5. The Morgan fingerprint density at radius 3 is 2.05 bits per heavy atom. The van der Waals surface area contributed by atoms with Crippen molar-refractivity contribution in [1.82, 2.24) is 5.32 Å². The van der Waals surface area contributed by atoms with Crippen molar-refractivity contribution in [2.24, 2.45) is 0 Å². The van der Waals surface area contributed by atoms with Crippen LogP contribution in [-0.2, 0) is 6.18 Å². The molecule has 20 heavy (non-hydrogen) atoms. The molecule has 1 unspecified atom stereocenters. The molecule has 0 spiro atoms. The van der Waals surface area contributed by atoms with Gasteiger partial charge in [0, 0.05) is 5.92 Å². The summed E-state index contributed by atoms with van der Waals surface area (Å²) in [5.41, 5.74) is -1.40. The maximum atomic E-state index is 14.7. The lowest BCUT2D eigenvalue weighted by molar-refractivity contribution is -0.137. The summed E-state index contributed by atoms with van der Waals surface area (Å²) in [7, 11) is 0. The third-order valence-corrected chi connectivity index (χ3v) is 3.95. The summed E-state index contributed by atoms with van der Waals surface area (Å²) in [6.07, 6.45) is -3.55. The lowest BCUT2D eigenvalue weighted by Crippen LogP contribution is -2.42. The van der Waals surface area contributed by atoms with Crippen LogP contribution in [0.4, 0.5) is 17.6 Å². The molecule has 2 rings (SSSR count). The summed E-state index contributed by atoms with van der Waals surface area (Å²) >= 11 is 0. The fourth-order valence-electron chi connectivity index (χ4n) is 2.53. The van der Waals surface area contributed by atoms with Gasteiger partial charge in [-0.2, -0.15) is 13.2 Å². The molecule has 1 aliphatic heterocycles. The Morgan fingerprint density at radius 2 is 1.60 bits per heavy atom. The second-order valence-corrected chi connectivity index (χ2v) is 5.13. The average molecular weight is 312 g/mol. The summed E-state index contributed by atoms with van der Waals surface area (Å²) in [5, 5.41) is 3.09. The van der Waals surface area contributed by atoms with Crippen molar-refractivity contribution in [3.63, 3.8) is 0 Å². The first kappa shape index (κ1) is 17.2. The molecule has 1 N–H and O–H groups in total. The first-order valence-corrected chi connectivity index (χ1v) is 6.40. The Labute approximate surface area is 122 Å². The molecular weight excluding hydrogens is 294 g/mol.